The van der Waals surface area contributed by atoms with Gasteiger partial charge in [-0.05, 0) is 28.2 Å². The Balaban J connectivity index is 1.69. The van der Waals surface area contributed by atoms with Crippen LogP contribution in [0.4, 0.5) is 0 Å². The molecule has 20 heavy (non-hydrogen) atoms. The number of hydrogen-bond acceptors (Lipinski definition) is 0. The monoisotopic (exact) mass is 258 g/mol. The summed E-state index contributed by atoms with van der Waals surface area (Å²) in [5.41, 5.74) is 5.75. The van der Waals surface area contributed by atoms with Gasteiger partial charge in [-0.3, -0.25) is 0 Å². The summed E-state index contributed by atoms with van der Waals surface area (Å²) in [7, 11) is 0. The number of benzene rings is 2. The Labute approximate surface area is 120 Å². The van der Waals surface area contributed by atoms with Crippen LogP contribution in [0.1, 0.15) is 41.0 Å². The Morgan fingerprint density at radius 3 is 1.65 bits per heavy atom. The van der Waals surface area contributed by atoms with Crippen LogP contribution in [0, 0.1) is 5.92 Å². The maximum Gasteiger partial charge on any atom is 0.00617 e. The van der Waals surface area contributed by atoms with Crippen LogP contribution in [0.3, 0.4) is 0 Å². The van der Waals surface area contributed by atoms with Gasteiger partial charge in [-0.2, -0.15) is 0 Å². The molecule has 3 atom stereocenters. The van der Waals surface area contributed by atoms with Crippen molar-refractivity contribution in [2.75, 3.05) is 0 Å². The van der Waals surface area contributed by atoms with Gasteiger partial charge in [-0.25, -0.2) is 0 Å². The molecule has 0 saturated heterocycles. The van der Waals surface area contributed by atoms with E-state index in [1.165, 1.54) is 22.3 Å². The minimum absolute atomic E-state index is 0.534. The Morgan fingerprint density at radius 1 is 0.700 bits per heavy atom. The van der Waals surface area contributed by atoms with E-state index >= 15 is 0 Å². The molecular weight excluding hydrogens is 240 g/mol. The van der Waals surface area contributed by atoms with Crippen molar-refractivity contribution in [3.63, 3.8) is 0 Å². The van der Waals surface area contributed by atoms with E-state index in [1.807, 2.05) is 0 Å². The van der Waals surface area contributed by atoms with E-state index in [9.17, 15) is 0 Å². The standard InChI is InChI=1S/C20H18/c1-14(17-12-10-15-6-2-4-8-19(15)17)18-13-11-16-7-3-5-9-20(16)18/h2-14,17-18H,1H3/t14?,17-,18+. The zero-order valence-corrected chi connectivity index (χ0v) is 11.7. The Kier molecular flexibility index (Phi) is 2.63. The molecule has 0 fully saturated rings. The highest BCUT2D eigenvalue weighted by Crippen LogP contribution is 2.45. The van der Waals surface area contributed by atoms with Crippen molar-refractivity contribution in [1.82, 2.24) is 0 Å². The van der Waals surface area contributed by atoms with E-state index in [0.29, 0.717) is 17.8 Å². The third-order valence-electron chi connectivity index (χ3n) is 4.81. The smallest absolute Gasteiger partial charge is 0.00617 e. The molecular formula is C20H18. The SMILES string of the molecule is CC([C@@H]1C=Cc2ccccc21)[C@H]1C=Cc2ccccc21. The quantitative estimate of drug-likeness (QED) is 0.690. The van der Waals surface area contributed by atoms with Crippen LogP contribution in [0.2, 0.25) is 0 Å². The van der Waals surface area contributed by atoms with Crippen molar-refractivity contribution in [1.29, 1.82) is 0 Å². The Morgan fingerprint density at radius 2 is 1.15 bits per heavy atom. The molecule has 0 spiro atoms. The average molecular weight is 258 g/mol. The predicted molar refractivity (Wildman–Crippen MR) is 85.6 cm³/mol. The molecule has 0 amide bonds. The third-order valence-corrected chi connectivity index (χ3v) is 4.81. The van der Waals surface area contributed by atoms with Crippen LogP contribution >= 0.6 is 0 Å². The molecule has 0 N–H and O–H groups in total. The molecule has 0 nitrogen and oxygen atoms in total. The number of fused-ring (bicyclic) bond motifs is 2. The van der Waals surface area contributed by atoms with Crippen molar-refractivity contribution >= 4 is 12.2 Å². The highest BCUT2D eigenvalue weighted by atomic mass is 14.3. The van der Waals surface area contributed by atoms with Crippen LogP contribution < -0.4 is 0 Å². The van der Waals surface area contributed by atoms with Gasteiger partial charge in [0.2, 0.25) is 0 Å². The van der Waals surface area contributed by atoms with Crippen molar-refractivity contribution in [3.05, 3.63) is 82.9 Å². The number of hydrogen-bond donors (Lipinski definition) is 0. The number of rotatable bonds is 2. The average Bonchev–Trinajstić information content (AvgIpc) is 3.11. The van der Waals surface area contributed by atoms with Crippen molar-refractivity contribution < 1.29 is 0 Å². The fourth-order valence-corrected chi connectivity index (χ4v) is 3.69. The van der Waals surface area contributed by atoms with Gasteiger partial charge in [0.1, 0.15) is 0 Å². The van der Waals surface area contributed by atoms with E-state index in [0.717, 1.165) is 0 Å². The lowest BCUT2D eigenvalue weighted by Crippen LogP contribution is -2.13. The van der Waals surface area contributed by atoms with Crippen molar-refractivity contribution in [2.24, 2.45) is 5.92 Å². The molecule has 0 heterocycles. The molecule has 0 radical (unpaired) electrons. The summed E-state index contributed by atoms with van der Waals surface area (Å²) in [4.78, 5) is 0. The first-order valence-corrected chi connectivity index (χ1v) is 7.39. The molecule has 0 bridgehead atoms. The van der Waals surface area contributed by atoms with E-state index < -0.39 is 0 Å². The lowest BCUT2D eigenvalue weighted by molar-refractivity contribution is 0.482. The molecule has 0 saturated carbocycles. The normalized spacial score (nSPS) is 23.6. The van der Waals surface area contributed by atoms with Gasteiger partial charge in [0, 0.05) is 11.8 Å². The van der Waals surface area contributed by atoms with Crippen LogP contribution in [0.5, 0.6) is 0 Å². The first kappa shape index (κ1) is 11.7. The first-order chi connectivity index (χ1) is 9.84. The Hall–Kier alpha value is -2.08. The summed E-state index contributed by atoms with van der Waals surface area (Å²) < 4.78 is 0. The molecule has 2 aliphatic carbocycles. The summed E-state index contributed by atoms with van der Waals surface area (Å²) in [6, 6.07) is 17.6. The molecule has 1 unspecified atom stereocenters. The summed E-state index contributed by atoms with van der Waals surface area (Å²) in [5.74, 6) is 1.66. The topological polar surface area (TPSA) is 0 Å². The summed E-state index contributed by atoms with van der Waals surface area (Å²) in [6.07, 6.45) is 9.32. The van der Waals surface area contributed by atoms with Crippen molar-refractivity contribution in [3.8, 4) is 0 Å². The van der Waals surface area contributed by atoms with E-state index in [4.69, 9.17) is 0 Å². The zero-order chi connectivity index (χ0) is 13.5. The fraction of sp³-hybridized carbons (Fsp3) is 0.200. The zero-order valence-electron chi connectivity index (χ0n) is 11.7. The molecule has 2 aromatic rings. The van der Waals surface area contributed by atoms with Gasteiger partial charge in [0.05, 0.1) is 0 Å². The second-order valence-corrected chi connectivity index (χ2v) is 5.89. The van der Waals surface area contributed by atoms with Crippen LogP contribution in [-0.4, -0.2) is 0 Å². The van der Waals surface area contributed by atoms with Gasteiger partial charge in [0.25, 0.3) is 0 Å². The molecule has 4 rings (SSSR count). The van der Waals surface area contributed by atoms with Gasteiger partial charge < -0.3 is 0 Å². The van der Waals surface area contributed by atoms with Gasteiger partial charge >= 0.3 is 0 Å². The van der Waals surface area contributed by atoms with E-state index in [2.05, 4.69) is 79.8 Å². The van der Waals surface area contributed by atoms with Crippen LogP contribution in [0.15, 0.2) is 60.7 Å². The second-order valence-electron chi connectivity index (χ2n) is 5.89. The summed E-state index contributed by atoms with van der Waals surface area (Å²) in [6.45, 7) is 2.38. The van der Waals surface area contributed by atoms with E-state index in [-0.39, 0.29) is 0 Å². The molecule has 0 aromatic heterocycles. The maximum atomic E-state index is 2.38. The predicted octanol–water partition coefficient (Wildman–Crippen LogP) is 5.24. The van der Waals surface area contributed by atoms with Gasteiger partial charge in [-0.1, -0.05) is 79.8 Å². The molecule has 98 valence electrons. The summed E-state index contributed by atoms with van der Waals surface area (Å²) >= 11 is 0. The minimum Gasteiger partial charge on any atom is -0.0761 e. The second kappa shape index (κ2) is 4.49. The van der Waals surface area contributed by atoms with Gasteiger partial charge in [-0.15, -0.1) is 0 Å². The van der Waals surface area contributed by atoms with Crippen LogP contribution in [0.25, 0.3) is 12.2 Å². The highest BCUT2D eigenvalue weighted by Gasteiger charge is 2.30. The minimum atomic E-state index is 0.534. The fourth-order valence-electron chi connectivity index (χ4n) is 3.69. The third kappa shape index (κ3) is 1.68. The first-order valence-electron chi connectivity index (χ1n) is 7.39. The molecule has 2 aliphatic rings. The maximum absolute atomic E-state index is 2.38. The largest absolute Gasteiger partial charge is 0.0761 e. The van der Waals surface area contributed by atoms with Gasteiger partial charge in [0.15, 0.2) is 0 Å². The summed E-state index contributed by atoms with van der Waals surface area (Å²) in [5, 5.41) is 0. The molecule has 0 aliphatic heterocycles. The lowest BCUT2D eigenvalue weighted by Gasteiger charge is -2.25. The molecule has 0 heteroatoms. The molecule has 2 aromatic carbocycles. The highest BCUT2D eigenvalue weighted by molar-refractivity contribution is 5.65. The lowest BCUT2D eigenvalue weighted by atomic mass is 9.78. The van der Waals surface area contributed by atoms with E-state index in [1.54, 1.807) is 0 Å². The van der Waals surface area contributed by atoms with Crippen LogP contribution in [-0.2, 0) is 0 Å². The van der Waals surface area contributed by atoms with Crippen molar-refractivity contribution in [2.45, 2.75) is 18.8 Å². The Bertz CT molecular complexity index is 644. The number of allylic oxidation sites excluding steroid dienone is 2.